The third-order valence-corrected chi connectivity index (χ3v) is 11.9. The zero-order chi connectivity index (χ0) is 31.6. The third kappa shape index (κ3) is 5.45. The Morgan fingerprint density at radius 1 is 0.652 bits per heavy atom. The number of halogens is 4. The molecule has 0 bridgehead atoms. The summed E-state index contributed by atoms with van der Waals surface area (Å²) in [7, 11) is -3.50. The van der Waals surface area contributed by atoms with Crippen LogP contribution in [0.2, 0.25) is 0 Å². The number of benzene rings is 4. The fraction of sp³-hybridized carbons (Fsp3) is 0. The zero-order valence-corrected chi connectivity index (χ0v) is 26.8. The number of nitriles is 1. The maximum Gasteiger partial charge on any atom is 2.00 e. The SMILES string of the molecule is [C-]#[N+]c1c(F)c[c-]c(-c2cccc([Si](c3ccccc3)(c3ccccc3)c3cccc(-c4[c-]cc(F)c(C#N)c4F)n3)n2)c1F.[Pt+2]. The Hall–Kier alpha value is -5.21. The van der Waals surface area contributed by atoms with Gasteiger partial charge in [0.15, 0.2) is 5.69 Å². The number of hydrogen-bond acceptors (Lipinski definition) is 3. The quantitative estimate of drug-likeness (QED) is 0.122. The molecule has 2 aromatic heterocycles. The first kappa shape index (κ1) is 32.2. The van der Waals surface area contributed by atoms with Crippen LogP contribution in [0, 0.1) is 53.3 Å². The predicted octanol–water partition coefficient (Wildman–Crippen LogP) is 5.76. The molecular formula is C36H18F4N4PtSi. The summed E-state index contributed by atoms with van der Waals surface area (Å²) in [4.78, 5) is 12.8. The summed E-state index contributed by atoms with van der Waals surface area (Å²) in [6.07, 6.45) is 0. The van der Waals surface area contributed by atoms with E-state index in [0.29, 0.717) is 10.6 Å². The Morgan fingerprint density at radius 2 is 1.13 bits per heavy atom. The van der Waals surface area contributed by atoms with Gasteiger partial charge in [-0.2, -0.15) is 5.26 Å². The molecule has 4 aromatic carbocycles. The molecule has 0 atom stereocenters. The first-order chi connectivity index (χ1) is 21.9. The smallest absolute Gasteiger partial charge is 0.305 e. The molecular weight excluding hydrogens is 788 g/mol. The number of pyridine rings is 2. The molecule has 46 heavy (non-hydrogen) atoms. The summed E-state index contributed by atoms with van der Waals surface area (Å²) in [5.74, 6) is -4.20. The first-order valence-electron chi connectivity index (χ1n) is 13.5. The van der Waals surface area contributed by atoms with Crippen LogP contribution in [0.15, 0.2) is 109 Å². The molecule has 0 unspecified atom stereocenters. The molecule has 0 radical (unpaired) electrons. The van der Waals surface area contributed by atoms with Crippen molar-refractivity contribution in [2.24, 2.45) is 0 Å². The van der Waals surface area contributed by atoms with Gasteiger partial charge in [-0.15, -0.1) is 29.8 Å². The van der Waals surface area contributed by atoms with E-state index in [1.807, 2.05) is 60.7 Å². The van der Waals surface area contributed by atoms with Crippen LogP contribution in [0.1, 0.15) is 5.56 Å². The Kier molecular flexibility index (Phi) is 9.39. The van der Waals surface area contributed by atoms with E-state index in [4.69, 9.17) is 16.5 Å². The van der Waals surface area contributed by atoms with Crippen LogP contribution in [0.25, 0.3) is 27.4 Å². The monoisotopic (exact) mass is 805 g/mol. The van der Waals surface area contributed by atoms with E-state index in [9.17, 15) is 14.0 Å². The van der Waals surface area contributed by atoms with Gasteiger partial charge in [-0.05, 0) is 33.9 Å². The fourth-order valence-corrected chi connectivity index (χ4v) is 9.83. The molecule has 0 fully saturated rings. The molecule has 4 nitrogen and oxygen atoms in total. The molecule has 0 amide bonds. The van der Waals surface area contributed by atoms with Crippen molar-refractivity contribution in [2.45, 2.75) is 0 Å². The molecule has 2 heterocycles. The minimum atomic E-state index is -3.50. The van der Waals surface area contributed by atoms with Crippen molar-refractivity contribution in [1.29, 1.82) is 5.26 Å². The third-order valence-electron chi connectivity index (χ3n) is 7.43. The summed E-state index contributed by atoms with van der Waals surface area (Å²) in [6, 6.07) is 37.5. The molecule has 0 aliphatic rings. The summed E-state index contributed by atoms with van der Waals surface area (Å²) >= 11 is 0. The standard InChI is InChI=1S/C36H18F4N4Si.Pt/c1-42-36-29(38)21-19-26(35(36)40)31-15-9-17-33(44-31)45(23-10-4-2-5-11-23,24-12-6-3-7-13-24)32-16-8-14-30(43-32)25-18-20-28(37)27(22-41)34(25)39;/h2-17,20-21H;/q-2;+2. The largest absolute Gasteiger partial charge is 2.00 e. The van der Waals surface area contributed by atoms with Crippen LogP contribution in [0.3, 0.4) is 0 Å². The van der Waals surface area contributed by atoms with E-state index in [2.05, 4.69) is 17.0 Å². The Labute approximate surface area is 277 Å². The molecule has 6 rings (SSSR count). The van der Waals surface area contributed by atoms with E-state index in [1.165, 1.54) is 0 Å². The van der Waals surface area contributed by atoms with Gasteiger partial charge in [0.25, 0.3) is 0 Å². The van der Waals surface area contributed by atoms with Gasteiger partial charge in [0.1, 0.15) is 0 Å². The van der Waals surface area contributed by atoms with Crippen LogP contribution in [0.5, 0.6) is 0 Å². The molecule has 0 N–H and O–H groups in total. The van der Waals surface area contributed by atoms with E-state index in [-0.39, 0.29) is 43.6 Å². The number of hydrogen-bond donors (Lipinski definition) is 0. The molecule has 224 valence electrons. The average molecular weight is 806 g/mol. The van der Waals surface area contributed by atoms with E-state index in [0.717, 1.165) is 22.5 Å². The molecule has 0 saturated heterocycles. The van der Waals surface area contributed by atoms with Gasteiger partial charge >= 0.3 is 21.1 Å². The van der Waals surface area contributed by atoms with E-state index >= 15 is 8.78 Å². The number of nitrogens with zero attached hydrogens (tertiary/aromatic N) is 4. The minimum Gasteiger partial charge on any atom is -0.305 e. The topological polar surface area (TPSA) is 53.9 Å². The van der Waals surface area contributed by atoms with Gasteiger partial charge in [0, 0.05) is 27.8 Å². The second kappa shape index (κ2) is 13.4. The van der Waals surface area contributed by atoms with Gasteiger partial charge in [-0.1, -0.05) is 90.5 Å². The van der Waals surface area contributed by atoms with Crippen molar-refractivity contribution in [2.75, 3.05) is 0 Å². The van der Waals surface area contributed by atoms with E-state index in [1.54, 1.807) is 42.5 Å². The number of aromatic nitrogens is 2. The summed E-state index contributed by atoms with van der Waals surface area (Å²) in [6.45, 7) is 7.25. The van der Waals surface area contributed by atoms with Crippen LogP contribution >= 0.6 is 0 Å². The summed E-state index contributed by atoms with van der Waals surface area (Å²) < 4.78 is 59.1. The van der Waals surface area contributed by atoms with E-state index < -0.39 is 42.6 Å². The predicted molar refractivity (Wildman–Crippen MR) is 165 cm³/mol. The van der Waals surface area contributed by atoms with Crippen molar-refractivity contribution in [3.63, 3.8) is 0 Å². The summed E-state index contributed by atoms with van der Waals surface area (Å²) in [5, 5.41) is 12.1. The zero-order valence-electron chi connectivity index (χ0n) is 23.5. The molecule has 6 aromatic rings. The van der Waals surface area contributed by atoms with Gasteiger partial charge in [0.2, 0.25) is 8.07 Å². The van der Waals surface area contributed by atoms with Gasteiger partial charge in [-0.3, -0.25) is 22.4 Å². The first-order valence-corrected chi connectivity index (χ1v) is 15.5. The van der Waals surface area contributed by atoms with Gasteiger partial charge in [0.05, 0.1) is 24.3 Å². The summed E-state index contributed by atoms with van der Waals surface area (Å²) in [5.41, 5.74) is -1.57. The minimum absolute atomic E-state index is 0. The Bertz CT molecular complexity index is 1990. The van der Waals surface area contributed by atoms with Gasteiger partial charge < -0.3 is 9.97 Å². The fourth-order valence-electron chi connectivity index (χ4n) is 5.40. The van der Waals surface area contributed by atoms with Crippen LogP contribution in [0.4, 0.5) is 23.2 Å². The maximum absolute atomic E-state index is 15.4. The molecule has 10 heteroatoms. The molecule has 0 spiro atoms. The average Bonchev–Trinajstić information content (AvgIpc) is 3.07. The Balaban J connectivity index is 0.00000417. The van der Waals surface area contributed by atoms with Crippen molar-refractivity contribution in [1.82, 2.24) is 9.97 Å². The van der Waals surface area contributed by atoms with Crippen molar-refractivity contribution in [3.8, 4) is 28.6 Å². The second-order valence-electron chi connectivity index (χ2n) is 9.90. The molecule has 0 saturated carbocycles. The normalized spacial score (nSPS) is 10.8. The van der Waals surface area contributed by atoms with Crippen LogP contribution < -0.4 is 21.0 Å². The number of rotatable bonds is 6. The molecule has 0 aliphatic heterocycles. The Morgan fingerprint density at radius 3 is 1.61 bits per heavy atom. The van der Waals surface area contributed by atoms with Crippen LogP contribution in [-0.2, 0) is 21.1 Å². The van der Waals surface area contributed by atoms with Crippen molar-refractivity contribution in [3.05, 3.63) is 162 Å². The van der Waals surface area contributed by atoms with Crippen molar-refractivity contribution < 1.29 is 38.6 Å². The van der Waals surface area contributed by atoms with Gasteiger partial charge in [-0.25, -0.2) is 0 Å². The van der Waals surface area contributed by atoms with Crippen molar-refractivity contribution >= 4 is 34.8 Å². The van der Waals surface area contributed by atoms with Crippen LogP contribution in [-0.4, -0.2) is 18.0 Å². The maximum atomic E-state index is 15.4. The molecule has 0 aliphatic carbocycles. The second-order valence-corrected chi connectivity index (χ2v) is 13.6.